The minimum absolute atomic E-state index is 0.0470. The van der Waals surface area contributed by atoms with E-state index in [1.807, 2.05) is 12.4 Å². The molecule has 0 bridgehead atoms. The van der Waals surface area contributed by atoms with E-state index in [1.165, 1.54) is 7.11 Å². The molecule has 2 aromatic rings. The van der Waals surface area contributed by atoms with Crippen LogP contribution in [0.1, 0.15) is 35.9 Å². The summed E-state index contributed by atoms with van der Waals surface area (Å²) >= 11 is 0. The highest BCUT2D eigenvalue weighted by Crippen LogP contribution is 2.13. The van der Waals surface area contributed by atoms with Gasteiger partial charge in [0.05, 0.1) is 19.2 Å². The number of rotatable bonds is 8. The van der Waals surface area contributed by atoms with E-state index in [2.05, 4.69) is 43.3 Å². The Morgan fingerprint density at radius 3 is 2.37 bits per heavy atom. The van der Waals surface area contributed by atoms with E-state index in [9.17, 15) is 9.59 Å². The summed E-state index contributed by atoms with van der Waals surface area (Å²) in [4.78, 5) is 32.9. The number of carbonyl (C=O) groups excluding carboxylic acids is 2. The van der Waals surface area contributed by atoms with Crippen molar-refractivity contribution in [1.82, 2.24) is 19.4 Å². The van der Waals surface area contributed by atoms with Gasteiger partial charge in [0.1, 0.15) is 5.82 Å². The summed E-state index contributed by atoms with van der Waals surface area (Å²) in [6.45, 7) is 10.3. The van der Waals surface area contributed by atoms with Crippen molar-refractivity contribution in [3.8, 4) is 0 Å². The maximum atomic E-state index is 12.4. The molecule has 8 heteroatoms. The number of amides is 1. The number of nitrogens with one attached hydrogen (secondary N) is 1. The molecule has 1 aromatic carbocycles. The molecule has 1 fully saturated rings. The Morgan fingerprint density at radius 2 is 1.73 bits per heavy atom. The highest BCUT2D eigenvalue weighted by atomic mass is 16.5. The van der Waals surface area contributed by atoms with Crippen molar-refractivity contribution >= 4 is 17.6 Å². The van der Waals surface area contributed by atoms with Crippen LogP contribution in [0.5, 0.6) is 0 Å². The number of hydrogen-bond acceptors (Lipinski definition) is 6. The Labute approximate surface area is 177 Å². The predicted molar refractivity (Wildman–Crippen MR) is 116 cm³/mol. The number of aromatic nitrogens is 2. The number of esters is 1. The van der Waals surface area contributed by atoms with Gasteiger partial charge in [-0.15, -0.1) is 0 Å². The molecule has 1 aromatic heterocycles. The first-order valence-electron chi connectivity index (χ1n) is 10.4. The average Bonchev–Trinajstić information content (AvgIpc) is 3.22. The Hall–Kier alpha value is -2.71. The number of benzene rings is 1. The molecule has 1 aliphatic heterocycles. The molecule has 1 aliphatic rings. The van der Waals surface area contributed by atoms with Gasteiger partial charge >= 0.3 is 5.97 Å². The molecule has 0 saturated carbocycles. The summed E-state index contributed by atoms with van der Waals surface area (Å²) < 4.78 is 6.91. The van der Waals surface area contributed by atoms with Gasteiger partial charge in [-0.2, -0.15) is 0 Å². The standard InChI is InChI=1S/C22H31N5O3/c1-17(2)21-23-8-9-27(21)15-14-25-10-12-26(13-11-25)16-20(28)24-19-6-4-18(5-7-19)22(29)30-3/h4-9,17H,10-16H2,1-3H3,(H,24,28). The van der Waals surface area contributed by atoms with Gasteiger partial charge in [0.2, 0.25) is 5.91 Å². The van der Waals surface area contributed by atoms with Crippen molar-refractivity contribution in [2.75, 3.05) is 51.7 Å². The van der Waals surface area contributed by atoms with Crippen LogP contribution in [0, 0.1) is 0 Å². The molecular formula is C22H31N5O3. The molecule has 3 rings (SSSR count). The number of carbonyl (C=O) groups is 2. The zero-order chi connectivity index (χ0) is 21.5. The summed E-state index contributed by atoms with van der Waals surface area (Å²) in [5.74, 6) is 1.12. The lowest BCUT2D eigenvalue weighted by molar-refractivity contribution is -0.117. The molecule has 0 aliphatic carbocycles. The monoisotopic (exact) mass is 413 g/mol. The number of anilines is 1. The Bertz CT molecular complexity index is 839. The zero-order valence-corrected chi connectivity index (χ0v) is 18.0. The number of hydrogen-bond donors (Lipinski definition) is 1. The van der Waals surface area contributed by atoms with Crippen LogP contribution in [-0.2, 0) is 16.1 Å². The highest BCUT2D eigenvalue weighted by molar-refractivity contribution is 5.93. The third-order valence-corrected chi connectivity index (χ3v) is 5.34. The molecule has 8 nitrogen and oxygen atoms in total. The van der Waals surface area contributed by atoms with Gasteiger partial charge in [-0.3, -0.25) is 14.6 Å². The maximum absolute atomic E-state index is 12.4. The maximum Gasteiger partial charge on any atom is 0.337 e. The van der Waals surface area contributed by atoms with Gasteiger partial charge in [-0.05, 0) is 24.3 Å². The Balaban J connectivity index is 1.39. The molecule has 1 N–H and O–H groups in total. The van der Waals surface area contributed by atoms with Gasteiger partial charge in [-0.25, -0.2) is 9.78 Å². The van der Waals surface area contributed by atoms with Crippen LogP contribution < -0.4 is 5.32 Å². The second-order valence-corrected chi connectivity index (χ2v) is 7.87. The normalized spacial score (nSPS) is 15.3. The summed E-state index contributed by atoms with van der Waals surface area (Å²) in [6.07, 6.45) is 3.92. The van der Waals surface area contributed by atoms with Crippen molar-refractivity contribution in [2.24, 2.45) is 0 Å². The molecule has 1 saturated heterocycles. The lowest BCUT2D eigenvalue weighted by atomic mass is 10.2. The summed E-state index contributed by atoms with van der Waals surface area (Å²) in [5, 5.41) is 2.89. The lowest BCUT2D eigenvalue weighted by Crippen LogP contribution is -2.49. The van der Waals surface area contributed by atoms with E-state index in [1.54, 1.807) is 24.3 Å². The van der Waals surface area contributed by atoms with Crippen molar-refractivity contribution < 1.29 is 14.3 Å². The van der Waals surface area contributed by atoms with Crippen molar-refractivity contribution in [3.05, 3.63) is 48.0 Å². The van der Waals surface area contributed by atoms with Gasteiger partial charge in [-0.1, -0.05) is 13.8 Å². The highest BCUT2D eigenvalue weighted by Gasteiger charge is 2.19. The first kappa shape index (κ1) is 22.0. The van der Waals surface area contributed by atoms with Crippen LogP contribution in [-0.4, -0.2) is 77.6 Å². The average molecular weight is 414 g/mol. The quantitative estimate of drug-likeness (QED) is 0.668. The molecule has 30 heavy (non-hydrogen) atoms. The topological polar surface area (TPSA) is 79.7 Å². The largest absolute Gasteiger partial charge is 0.465 e. The minimum Gasteiger partial charge on any atom is -0.465 e. The zero-order valence-electron chi connectivity index (χ0n) is 18.0. The number of piperazine rings is 1. The van der Waals surface area contributed by atoms with Crippen LogP contribution in [0.25, 0.3) is 0 Å². The van der Waals surface area contributed by atoms with Gasteiger partial charge < -0.3 is 14.6 Å². The number of ether oxygens (including phenoxy) is 1. The third-order valence-electron chi connectivity index (χ3n) is 5.34. The van der Waals surface area contributed by atoms with Crippen molar-refractivity contribution in [2.45, 2.75) is 26.3 Å². The fraction of sp³-hybridized carbons (Fsp3) is 0.500. The van der Waals surface area contributed by atoms with E-state index >= 15 is 0 Å². The first-order valence-corrected chi connectivity index (χ1v) is 10.4. The smallest absolute Gasteiger partial charge is 0.337 e. The molecule has 2 heterocycles. The van der Waals surface area contributed by atoms with Crippen LogP contribution in [0.15, 0.2) is 36.7 Å². The van der Waals surface area contributed by atoms with E-state index < -0.39 is 0 Å². The fourth-order valence-corrected chi connectivity index (χ4v) is 3.64. The molecule has 1 amide bonds. The molecule has 0 radical (unpaired) electrons. The van der Waals surface area contributed by atoms with E-state index in [-0.39, 0.29) is 11.9 Å². The fourth-order valence-electron chi connectivity index (χ4n) is 3.64. The Kier molecular flexibility index (Phi) is 7.59. The SMILES string of the molecule is COC(=O)c1ccc(NC(=O)CN2CCN(CCn3ccnc3C(C)C)CC2)cc1. The number of imidazole rings is 1. The van der Waals surface area contributed by atoms with Crippen LogP contribution >= 0.6 is 0 Å². The number of nitrogens with zero attached hydrogens (tertiary/aromatic N) is 4. The van der Waals surface area contributed by atoms with Crippen LogP contribution in [0.2, 0.25) is 0 Å². The van der Waals surface area contributed by atoms with Crippen LogP contribution in [0.3, 0.4) is 0 Å². The summed E-state index contributed by atoms with van der Waals surface area (Å²) in [5.41, 5.74) is 1.13. The molecule has 0 unspecified atom stereocenters. The third kappa shape index (κ3) is 5.90. The van der Waals surface area contributed by atoms with Crippen molar-refractivity contribution in [1.29, 1.82) is 0 Å². The van der Waals surface area contributed by atoms with Gasteiger partial charge in [0.25, 0.3) is 0 Å². The van der Waals surface area contributed by atoms with E-state index in [4.69, 9.17) is 0 Å². The van der Waals surface area contributed by atoms with Gasteiger partial charge in [0, 0.05) is 63.3 Å². The van der Waals surface area contributed by atoms with Crippen LogP contribution in [0.4, 0.5) is 5.69 Å². The summed E-state index contributed by atoms with van der Waals surface area (Å²) in [7, 11) is 1.35. The van der Waals surface area contributed by atoms with E-state index in [0.29, 0.717) is 23.7 Å². The summed E-state index contributed by atoms with van der Waals surface area (Å²) in [6, 6.07) is 6.71. The Morgan fingerprint density at radius 1 is 1.07 bits per heavy atom. The second kappa shape index (κ2) is 10.4. The van der Waals surface area contributed by atoms with Crippen molar-refractivity contribution in [3.63, 3.8) is 0 Å². The molecule has 162 valence electrons. The first-order chi connectivity index (χ1) is 14.5. The molecule has 0 spiro atoms. The predicted octanol–water partition coefficient (Wildman–Crippen LogP) is 2.05. The second-order valence-electron chi connectivity index (χ2n) is 7.87. The minimum atomic E-state index is -0.390. The number of methoxy groups -OCH3 is 1. The van der Waals surface area contributed by atoms with E-state index in [0.717, 1.165) is 45.1 Å². The lowest BCUT2D eigenvalue weighted by Gasteiger charge is -2.34. The van der Waals surface area contributed by atoms with Gasteiger partial charge in [0.15, 0.2) is 0 Å². The molecule has 0 atom stereocenters. The molecular weight excluding hydrogens is 382 g/mol.